The summed E-state index contributed by atoms with van der Waals surface area (Å²) in [5.74, 6) is -0.645. The van der Waals surface area contributed by atoms with Crippen LogP contribution in [0.1, 0.15) is 18.1 Å². The molecule has 1 atom stereocenters. The van der Waals surface area contributed by atoms with Crippen LogP contribution in [0.2, 0.25) is 0 Å². The Kier molecular flexibility index (Phi) is 3.12. The average Bonchev–Trinajstić information content (AvgIpc) is 2.11. The van der Waals surface area contributed by atoms with Gasteiger partial charge in [0.1, 0.15) is 11.9 Å². The van der Waals surface area contributed by atoms with Gasteiger partial charge in [0, 0.05) is 0 Å². The number of rotatable bonds is 3. The molecule has 0 aliphatic carbocycles. The Morgan fingerprint density at radius 2 is 2.00 bits per heavy atom. The lowest BCUT2D eigenvalue weighted by atomic mass is 10.1. The molecule has 0 heterocycles. The Balaban J connectivity index is 2.78. The van der Waals surface area contributed by atoms with Crippen molar-refractivity contribution in [2.75, 3.05) is 0 Å². The Morgan fingerprint density at radius 1 is 1.36 bits per heavy atom. The van der Waals surface area contributed by atoms with Crippen molar-refractivity contribution in [3.63, 3.8) is 0 Å². The highest BCUT2D eigenvalue weighted by atomic mass is 16.5. The molecule has 0 amide bonds. The van der Waals surface area contributed by atoms with Gasteiger partial charge >= 0.3 is 0 Å². The van der Waals surface area contributed by atoms with Crippen molar-refractivity contribution in [1.82, 2.24) is 0 Å². The number of aliphatic carboxylic acids is 1. The van der Waals surface area contributed by atoms with E-state index in [1.165, 1.54) is 6.92 Å². The second kappa shape index (κ2) is 4.13. The van der Waals surface area contributed by atoms with Crippen LogP contribution in [0.4, 0.5) is 0 Å². The number of hydrogen-bond donors (Lipinski definition) is 0. The van der Waals surface area contributed by atoms with Gasteiger partial charge in [-0.25, -0.2) is 0 Å². The van der Waals surface area contributed by atoms with Crippen LogP contribution in [-0.4, -0.2) is 12.1 Å². The van der Waals surface area contributed by atoms with E-state index in [0.29, 0.717) is 5.75 Å². The highest BCUT2D eigenvalue weighted by Gasteiger charge is 2.04. The molecule has 0 bridgehead atoms. The number of carbonyl (C=O) groups is 1. The van der Waals surface area contributed by atoms with Crippen LogP contribution in [0.5, 0.6) is 5.75 Å². The maximum Gasteiger partial charge on any atom is 0.135 e. The fourth-order valence-electron chi connectivity index (χ4n) is 1.04. The topological polar surface area (TPSA) is 49.4 Å². The number of carboxylic acid groups (broad SMARTS) is 1. The maximum atomic E-state index is 10.4. The molecule has 1 aromatic carbocycles. The number of aryl methyl sites for hydroxylation is 2. The van der Waals surface area contributed by atoms with Crippen molar-refractivity contribution in [1.29, 1.82) is 0 Å². The maximum absolute atomic E-state index is 10.4. The largest absolute Gasteiger partial charge is 0.546 e. The third kappa shape index (κ3) is 2.49. The minimum atomic E-state index is -1.21. The first kappa shape index (κ1) is 10.6. The Labute approximate surface area is 83.3 Å². The van der Waals surface area contributed by atoms with Crippen molar-refractivity contribution >= 4 is 5.97 Å². The highest BCUT2D eigenvalue weighted by molar-refractivity contribution is 5.69. The molecule has 1 unspecified atom stereocenters. The first-order chi connectivity index (χ1) is 6.50. The third-order valence-electron chi connectivity index (χ3n) is 2.12. The molecule has 0 aromatic heterocycles. The predicted molar refractivity (Wildman–Crippen MR) is 51.0 cm³/mol. The summed E-state index contributed by atoms with van der Waals surface area (Å²) in [5.41, 5.74) is 2.23. The molecular weight excluding hydrogens is 180 g/mol. The molecule has 3 heteroatoms. The minimum absolute atomic E-state index is 0.560. The molecule has 0 saturated heterocycles. The van der Waals surface area contributed by atoms with Gasteiger partial charge < -0.3 is 14.6 Å². The molecule has 1 aromatic rings. The lowest BCUT2D eigenvalue weighted by Crippen LogP contribution is -2.37. The normalized spacial score (nSPS) is 12.2. The number of ether oxygens (including phenoxy) is 1. The summed E-state index contributed by atoms with van der Waals surface area (Å²) in [5, 5.41) is 10.4. The Bertz CT molecular complexity index is 344. The number of carbonyl (C=O) groups excluding carboxylic acids is 1. The van der Waals surface area contributed by atoms with E-state index in [2.05, 4.69) is 0 Å². The van der Waals surface area contributed by atoms with Gasteiger partial charge in [-0.1, -0.05) is 6.07 Å². The number of hydrogen-bond acceptors (Lipinski definition) is 3. The van der Waals surface area contributed by atoms with Crippen molar-refractivity contribution in [3.05, 3.63) is 29.3 Å². The van der Waals surface area contributed by atoms with Gasteiger partial charge in [-0.3, -0.25) is 0 Å². The number of carboxylic acids is 1. The summed E-state index contributed by atoms with van der Waals surface area (Å²) in [6.07, 6.45) is -0.919. The standard InChI is InChI=1S/C11H14O3/c1-7-4-5-10(6-8(7)2)14-9(3)11(12)13/h4-6,9H,1-3H3,(H,12,13)/p-1. The van der Waals surface area contributed by atoms with E-state index in [1.807, 2.05) is 26.0 Å². The molecule has 0 N–H and O–H groups in total. The smallest absolute Gasteiger partial charge is 0.135 e. The lowest BCUT2D eigenvalue weighted by molar-refractivity contribution is -0.312. The molecule has 0 saturated carbocycles. The minimum Gasteiger partial charge on any atom is -0.546 e. The van der Waals surface area contributed by atoms with Crippen LogP contribution in [-0.2, 0) is 4.79 Å². The molecule has 14 heavy (non-hydrogen) atoms. The summed E-state index contributed by atoms with van der Waals surface area (Å²) in [7, 11) is 0. The van der Waals surface area contributed by atoms with Crippen LogP contribution >= 0.6 is 0 Å². The van der Waals surface area contributed by atoms with Gasteiger partial charge in [-0.2, -0.15) is 0 Å². The van der Waals surface area contributed by atoms with Crippen LogP contribution in [0, 0.1) is 13.8 Å². The average molecular weight is 193 g/mol. The SMILES string of the molecule is Cc1ccc(OC(C)C(=O)[O-])cc1C. The molecule has 0 aliphatic rings. The van der Waals surface area contributed by atoms with E-state index in [-0.39, 0.29) is 0 Å². The van der Waals surface area contributed by atoms with Crippen LogP contribution in [0.25, 0.3) is 0 Å². The molecule has 0 radical (unpaired) electrons. The van der Waals surface area contributed by atoms with E-state index < -0.39 is 12.1 Å². The van der Waals surface area contributed by atoms with Gasteiger partial charge in [0.05, 0.1) is 5.97 Å². The molecule has 1 rings (SSSR count). The van der Waals surface area contributed by atoms with Crippen molar-refractivity contribution in [2.24, 2.45) is 0 Å². The van der Waals surface area contributed by atoms with Gasteiger partial charge in [-0.05, 0) is 44.0 Å². The Hall–Kier alpha value is -1.51. The van der Waals surface area contributed by atoms with E-state index in [0.717, 1.165) is 11.1 Å². The summed E-state index contributed by atoms with van der Waals surface area (Å²) >= 11 is 0. The van der Waals surface area contributed by atoms with Crippen LogP contribution < -0.4 is 9.84 Å². The van der Waals surface area contributed by atoms with Crippen molar-refractivity contribution < 1.29 is 14.6 Å². The zero-order valence-electron chi connectivity index (χ0n) is 8.53. The van der Waals surface area contributed by atoms with Gasteiger partial charge in [0.2, 0.25) is 0 Å². The summed E-state index contributed by atoms with van der Waals surface area (Å²) < 4.78 is 5.15. The highest BCUT2D eigenvalue weighted by Crippen LogP contribution is 2.17. The molecule has 76 valence electrons. The molecule has 0 fully saturated rings. The van der Waals surface area contributed by atoms with Gasteiger partial charge in [0.15, 0.2) is 0 Å². The lowest BCUT2D eigenvalue weighted by Gasteiger charge is -2.16. The van der Waals surface area contributed by atoms with Gasteiger partial charge in [-0.15, -0.1) is 0 Å². The first-order valence-corrected chi connectivity index (χ1v) is 4.45. The number of benzene rings is 1. The summed E-state index contributed by atoms with van der Waals surface area (Å²) in [4.78, 5) is 10.4. The van der Waals surface area contributed by atoms with Crippen molar-refractivity contribution in [2.45, 2.75) is 26.9 Å². The van der Waals surface area contributed by atoms with E-state index >= 15 is 0 Å². The molecular formula is C11H13O3-. The predicted octanol–water partition coefficient (Wildman–Crippen LogP) is 0.821. The van der Waals surface area contributed by atoms with Crippen molar-refractivity contribution in [3.8, 4) is 5.75 Å². The zero-order valence-corrected chi connectivity index (χ0v) is 8.53. The molecule has 0 spiro atoms. The fraction of sp³-hybridized carbons (Fsp3) is 0.364. The monoisotopic (exact) mass is 193 g/mol. The van der Waals surface area contributed by atoms with Gasteiger partial charge in [0.25, 0.3) is 0 Å². The van der Waals surface area contributed by atoms with Crippen LogP contribution in [0.3, 0.4) is 0 Å². The second-order valence-electron chi connectivity index (χ2n) is 3.33. The third-order valence-corrected chi connectivity index (χ3v) is 2.12. The zero-order chi connectivity index (χ0) is 10.7. The summed E-state index contributed by atoms with van der Waals surface area (Å²) in [6.45, 7) is 5.39. The first-order valence-electron chi connectivity index (χ1n) is 4.45. The van der Waals surface area contributed by atoms with E-state index in [9.17, 15) is 9.90 Å². The molecule has 3 nitrogen and oxygen atoms in total. The summed E-state index contributed by atoms with van der Waals surface area (Å²) in [6, 6.07) is 5.46. The quantitative estimate of drug-likeness (QED) is 0.714. The second-order valence-corrected chi connectivity index (χ2v) is 3.33. The Morgan fingerprint density at radius 3 is 2.50 bits per heavy atom. The van der Waals surface area contributed by atoms with Crippen LogP contribution in [0.15, 0.2) is 18.2 Å². The fourth-order valence-corrected chi connectivity index (χ4v) is 1.04. The van der Waals surface area contributed by atoms with E-state index in [1.54, 1.807) is 6.07 Å². The van der Waals surface area contributed by atoms with E-state index in [4.69, 9.17) is 4.74 Å². The molecule has 0 aliphatic heterocycles.